The van der Waals surface area contributed by atoms with Crippen LogP contribution in [0.5, 0.6) is 5.75 Å². The number of aryl methyl sites for hydroxylation is 1. The molecule has 8 nitrogen and oxygen atoms in total. The number of allylic oxidation sites excluding steroid dienone is 1. The fourth-order valence-electron chi connectivity index (χ4n) is 8.96. The van der Waals surface area contributed by atoms with Crippen molar-refractivity contribution in [2.75, 3.05) is 38.8 Å². The van der Waals surface area contributed by atoms with Gasteiger partial charge in [-0.2, -0.15) is 0 Å². The number of carbonyl (C=O) groups excluding carboxylic acids is 2. The molecule has 7 rings (SSSR count). The summed E-state index contributed by atoms with van der Waals surface area (Å²) >= 11 is 6.48. The van der Waals surface area contributed by atoms with Crippen LogP contribution < -0.4 is 14.4 Å². The number of methoxy groups -OCH3 is 1. The Hall–Kier alpha value is -3.01. The second-order valence-corrected chi connectivity index (χ2v) is 18.6. The molecule has 0 aromatic heterocycles. The molecule has 50 heavy (non-hydrogen) atoms. The van der Waals surface area contributed by atoms with Gasteiger partial charge in [-0.15, -0.1) is 0 Å². The molecule has 3 aliphatic carbocycles. The summed E-state index contributed by atoms with van der Waals surface area (Å²) in [7, 11) is 0.671. The van der Waals surface area contributed by atoms with Gasteiger partial charge in [0.2, 0.25) is 5.91 Å². The second-order valence-electron chi connectivity index (χ2n) is 15.8. The number of ether oxygens (including phenoxy) is 2. The fraction of sp³-hybridized carbons (Fsp3) is 0.575. The van der Waals surface area contributed by atoms with Gasteiger partial charge in [0.05, 0.1) is 34.0 Å². The van der Waals surface area contributed by atoms with Crippen LogP contribution in [0.3, 0.4) is 0 Å². The monoisotopic (exact) mass is 721 g/mol. The van der Waals surface area contributed by atoms with Gasteiger partial charge in [0.1, 0.15) is 5.75 Å². The minimum Gasteiger partial charge on any atom is -0.490 e. The minimum absolute atomic E-state index is 0.0404. The molecule has 1 N–H and O–H groups in total. The van der Waals surface area contributed by atoms with Crippen LogP contribution in [0, 0.1) is 17.8 Å². The average Bonchev–Trinajstić information content (AvgIpc) is 3.93. The number of nitrogens with one attached hydrogen (secondary N) is 1. The highest BCUT2D eigenvalue weighted by Gasteiger charge is 2.50. The third kappa shape index (κ3) is 6.58. The summed E-state index contributed by atoms with van der Waals surface area (Å²) in [5.41, 5.74) is 2.78. The van der Waals surface area contributed by atoms with Gasteiger partial charge in [-0.05, 0) is 123 Å². The van der Waals surface area contributed by atoms with Crippen molar-refractivity contribution in [2.45, 2.75) is 93.9 Å². The molecule has 1 unspecified atom stereocenters. The maximum atomic E-state index is 14.0. The highest BCUT2D eigenvalue weighted by molar-refractivity contribution is 7.99. The molecular formula is C40H52ClN3O5S. The third-order valence-corrected chi connectivity index (χ3v) is 15.1. The van der Waals surface area contributed by atoms with Gasteiger partial charge in [0.15, 0.2) is 0 Å². The highest BCUT2D eigenvalue weighted by Crippen LogP contribution is 2.50. The van der Waals surface area contributed by atoms with Crippen LogP contribution >= 0.6 is 11.6 Å². The van der Waals surface area contributed by atoms with Crippen LogP contribution in [0.1, 0.15) is 86.7 Å². The molecular weight excluding hydrogens is 670 g/mol. The lowest BCUT2D eigenvalue weighted by atomic mass is 9.62. The first-order chi connectivity index (χ1) is 23.8. The van der Waals surface area contributed by atoms with Crippen molar-refractivity contribution in [2.24, 2.45) is 17.8 Å². The lowest BCUT2D eigenvalue weighted by Gasteiger charge is -2.50. The van der Waals surface area contributed by atoms with Crippen molar-refractivity contribution in [3.05, 3.63) is 70.3 Å². The van der Waals surface area contributed by atoms with E-state index in [0.29, 0.717) is 31.2 Å². The Morgan fingerprint density at radius 2 is 1.98 bits per heavy atom. The number of rotatable bonds is 4. The van der Waals surface area contributed by atoms with E-state index < -0.39 is 21.2 Å². The third-order valence-electron chi connectivity index (χ3n) is 12.7. The van der Waals surface area contributed by atoms with E-state index in [2.05, 4.69) is 39.8 Å². The van der Waals surface area contributed by atoms with E-state index in [4.69, 9.17) is 21.1 Å². The maximum Gasteiger partial charge on any atom is 0.262 e. The number of hydrogen-bond donors (Lipinski definition) is 1. The lowest BCUT2D eigenvalue weighted by molar-refractivity contribution is -0.142. The molecule has 2 fully saturated rings. The first-order valence-electron chi connectivity index (χ1n) is 18.3. The van der Waals surface area contributed by atoms with E-state index in [9.17, 15) is 13.8 Å². The van der Waals surface area contributed by atoms with Crippen molar-refractivity contribution in [1.29, 1.82) is 0 Å². The number of fused-ring (bicyclic) bond motifs is 4. The Labute approximate surface area is 303 Å². The maximum absolute atomic E-state index is 14.0. The van der Waals surface area contributed by atoms with E-state index >= 15 is 0 Å². The van der Waals surface area contributed by atoms with Crippen molar-refractivity contribution >= 4 is 44.7 Å². The SMILES string of the molecule is C=S1(=O)NC(=O)c2ccc3c(c2)N(C[C@@H]2CC[C@H]2[C@@](CC(=O)N(C)C2CC2)(OC)/C=C/C[C@H](C)[C@H]1C)C[C@@]1(CCCc2cc(Cl)ccc21)CO3. The topological polar surface area (TPSA) is 88.2 Å². The Kier molecular flexibility index (Phi) is 9.57. The van der Waals surface area contributed by atoms with Crippen LogP contribution in [-0.2, 0) is 31.1 Å². The molecule has 2 heterocycles. The van der Waals surface area contributed by atoms with Gasteiger partial charge < -0.3 is 19.3 Å². The molecule has 10 heteroatoms. The first kappa shape index (κ1) is 35.4. The molecule has 2 aliphatic heterocycles. The zero-order valence-corrected chi connectivity index (χ0v) is 31.5. The first-order valence-corrected chi connectivity index (χ1v) is 20.5. The van der Waals surface area contributed by atoms with Crippen molar-refractivity contribution in [3.8, 4) is 5.75 Å². The Morgan fingerprint density at radius 3 is 2.70 bits per heavy atom. The zero-order chi connectivity index (χ0) is 35.4. The average molecular weight is 722 g/mol. The van der Waals surface area contributed by atoms with Crippen molar-refractivity contribution in [1.82, 2.24) is 9.62 Å². The molecule has 7 atom stereocenters. The molecule has 5 aliphatic rings. The number of hydrogen-bond acceptors (Lipinski definition) is 6. The van der Waals surface area contributed by atoms with Crippen LogP contribution in [0.2, 0.25) is 5.02 Å². The van der Waals surface area contributed by atoms with Crippen molar-refractivity contribution < 1.29 is 23.3 Å². The summed E-state index contributed by atoms with van der Waals surface area (Å²) in [6, 6.07) is 12.1. The normalized spacial score (nSPS) is 34.7. The Morgan fingerprint density at radius 1 is 1.18 bits per heavy atom. The number of amides is 2. The van der Waals surface area contributed by atoms with Gasteiger partial charge in [-0.25, -0.2) is 4.21 Å². The largest absolute Gasteiger partial charge is 0.490 e. The summed E-state index contributed by atoms with van der Waals surface area (Å²) in [5, 5.41) is 0.355. The molecule has 0 radical (unpaired) electrons. The fourth-order valence-corrected chi connectivity index (χ4v) is 10.6. The number of benzene rings is 2. The van der Waals surface area contributed by atoms with E-state index in [-0.39, 0.29) is 40.7 Å². The van der Waals surface area contributed by atoms with Gasteiger partial charge in [0.25, 0.3) is 5.91 Å². The van der Waals surface area contributed by atoms with Gasteiger partial charge in [-0.3, -0.25) is 14.3 Å². The predicted octanol–water partition coefficient (Wildman–Crippen LogP) is 6.58. The van der Waals surface area contributed by atoms with Crippen LogP contribution in [0.25, 0.3) is 0 Å². The summed E-state index contributed by atoms with van der Waals surface area (Å²) in [6.45, 7) is 5.87. The van der Waals surface area contributed by atoms with E-state index in [1.165, 1.54) is 11.1 Å². The molecule has 2 aromatic carbocycles. The van der Waals surface area contributed by atoms with E-state index in [0.717, 1.165) is 68.0 Å². The summed E-state index contributed by atoms with van der Waals surface area (Å²) in [5.74, 6) is 4.79. The highest BCUT2D eigenvalue weighted by atomic mass is 35.5. The summed E-state index contributed by atoms with van der Waals surface area (Å²) < 4.78 is 29.9. The van der Waals surface area contributed by atoms with Gasteiger partial charge >= 0.3 is 0 Å². The zero-order valence-electron chi connectivity index (χ0n) is 29.9. The van der Waals surface area contributed by atoms with Crippen LogP contribution in [0.15, 0.2) is 48.6 Å². The second kappa shape index (κ2) is 13.5. The minimum atomic E-state index is -2.99. The van der Waals surface area contributed by atoms with E-state index in [1.807, 2.05) is 44.0 Å². The molecule has 2 amide bonds. The lowest BCUT2D eigenvalue weighted by Crippen LogP contribution is -2.54. The summed E-state index contributed by atoms with van der Waals surface area (Å²) in [6.07, 6.45) is 12.2. The standard InChI is InChI=1S/C40H52ClN3O5S/c1-26-8-6-19-40(48-4,22-37(45)43(3)32-13-14-32)34-15-10-30(34)23-44-24-39(18-7-9-28-20-31(41)12-16-33(28)39)25-49-36-17-11-29(21-35(36)44)38(46)42-50(5,47)27(26)2/h6,11-12,16-17,19-21,26-27,30,32,34H,5,7-10,13-15,18,22-25H2,1-4H3,(H,42,46,47)/b19-6+/t26-,27+,30-,34+,39-,40+,50?/m0/s1. The predicted molar refractivity (Wildman–Crippen MR) is 202 cm³/mol. The molecule has 2 aromatic rings. The number of carbonyl (C=O) groups is 2. The molecule has 270 valence electrons. The smallest absolute Gasteiger partial charge is 0.262 e. The van der Waals surface area contributed by atoms with Crippen molar-refractivity contribution in [3.63, 3.8) is 0 Å². The number of anilines is 1. The molecule has 2 saturated carbocycles. The number of halogens is 1. The molecule has 2 bridgehead atoms. The molecule has 1 spiro atoms. The Balaban J connectivity index is 1.32. The Bertz CT molecular complexity index is 1790. The number of nitrogens with zero attached hydrogens (tertiary/aromatic N) is 2. The molecule has 0 saturated heterocycles. The van der Waals surface area contributed by atoms with E-state index in [1.54, 1.807) is 13.2 Å². The van der Waals surface area contributed by atoms with Crippen LogP contribution in [-0.4, -0.2) is 77.5 Å². The van der Waals surface area contributed by atoms with Gasteiger partial charge in [0, 0.05) is 54.5 Å². The summed E-state index contributed by atoms with van der Waals surface area (Å²) in [4.78, 5) is 31.9. The quantitative estimate of drug-likeness (QED) is 0.284. The van der Waals surface area contributed by atoms with Gasteiger partial charge in [-0.1, -0.05) is 36.7 Å². The van der Waals surface area contributed by atoms with Crippen LogP contribution in [0.4, 0.5) is 5.69 Å².